The first kappa shape index (κ1) is 18.0. The van der Waals surface area contributed by atoms with E-state index in [1.54, 1.807) is 0 Å². The lowest BCUT2D eigenvalue weighted by molar-refractivity contribution is -0.138. The molecule has 0 bridgehead atoms. The number of benzene rings is 2. The van der Waals surface area contributed by atoms with Gasteiger partial charge in [-0.25, -0.2) is 0 Å². The van der Waals surface area contributed by atoms with Gasteiger partial charge >= 0.3 is 12.4 Å². The van der Waals surface area contributed by atoms with Crippen LogP contribution in [0.5, 0.6) is 0 Å². The Bertz CT molecular complexity index is 705. The molecule has 0 aliphatic heterocycles. The Balaban J connectivity index is 2.60. The second kappa shape index (κ2) is 6.26. The van der Waals surface area contributed by atoms with E-state index in [0.29, 0.717) is 24.3 Å². The molecule has 0 aliphatic carbocycles. The molecular weight excluding hydrogens is 344 g/mol. The van der Waals surface area contributed by atoms with Gasteiger partial charge in [-0.3, -0.25) is 0 Å². The number of halogens is 8. The van der Waals surface area contributed by atoms with Crippen molar-refractivity contribution in [3.8, 4) is 0 Å². The third-order valence-corrected chi connectivity index (χ3v) is 3.15. The lowest BCUT2D eigenvalue weighted by atomic mass is 9.96. The van der Waals surface area contributed by atoms with Crippen LogP contribution in [-0.4, -0.2) is 0 Å². The number of rotatable bonds is 2. The Kier molecular flexibility index (Phi) is 4.68. The van der Waals surface area contributed by atoms with Crippen LogP contribution in [0, 0.1) is 0 Å². The third kappa shape index (κ3) is 3.93. The minimum atomic E-state index is -4.76. The van der Waals surface area contributed by atoms with E-state index in [2.05, 4.69) is 0 Å². The van der Waals surface area contributed by atoms with Gasteiger partial charge in [-0.05, 0) is 35.4 Å². The summed E-state index contributed by atoms with van der Waals surface area (Å²) in [7, 11) is 0. The number of hydrogen-bond acceptors (Lipinski definition) is 0. The summed E-state index contributed by atoms with van der Waals surface area (Å²) >= 11 is 0. The minimum Gasteiger partial charge on any atom is -0.173 e. The molecule has 8 heteroatoms. The topological polar surface area (TPSA) is 0 Å². The van der Waals surface area contributed by atoms with Crippen molar-refractivity contribution in [2.75, 3.05) is 0 Å². The number of hydrogen-bond donors (Lipinski definition) is 0. The van der Waals surface area contributed by atoms with Crippen molar-refractivity contribution in [1.29, 1.82) is 0 Å². The Morgan fingerprint density at radius 1 is 0.625 bits per heavy atom. The molecule has 24 heavy (non-hydrogen) atoms. The predicted molar refractivity (Wildman–Crippen MR) is 71.1 cm³/mol. The van der Waals surface area contributed by atoms with Crippen LogP contribution in [0.25, 0.3) is 5.57 Å². The summed E-state index contributed by atoms with van der Waals surface area (Å²) in [6.07, 6.45) is -11.9. The monoisotopic (exact) mass is 352 g/mol. The molecule has 0 heterocycles. The SMILES string of the molecule is FC(F)=C(c1cccc(C(F)(F)F)c1)c1cccc(C(F)(F)F)c1. The van der Waals surface area contributed by atoms with Crippen molar-refractivity contribution in [1.82, 2.24) is 0 Å². The summed E-state index contributed by atoms with van der Waals surface area (Å²) in [4.78, 5) is 0. The van der Waals surface area contributed by atoms with Crippen LogP contribution in [0.3, 0.4) is 0 Å². The molecule has 0 aromatic heterocycles. The van der Waals surface area contributed by atoms with Crippen molar-refractivity contribution in [3.63, 3.8) is 0 Å². The highest BCUT2D eigenvalue weighted by atomic mass is 19.4. The summed E-state index contributed by atoms with van der Waals surface area (Å²) in [6.45, 7) is 0. The lowest BCUT2D eigenvalue weighted by Crippen LogP contribution is -2.06. The van der Waals surface area contributed by atoms with Gasteiger partial charge in [0.2, 0.25) is 0 Å². The third-order valence-electron chi connectivity index (χ3n) is 3.15. The van der Waals surface area contributed by atoms with E-state index in [1.165, 1.54) is 0 Å². The Hall–Kier alpha value is -2.38. The largest absolute Gasteiger partial charge is 0.416 e. The van der Waals surface area contributed by atoms with E-state index in [9.17, 15) is 35.1 Å². The average Bonchev–Trinajstić information content (AvgIpc) is 2.46. The predicted octanol–water partition coefficient (Wildman–Crippen LogP) is 6.38. The smallest absolute Gasteiger partial charge is 0.173 e. The fraction of sp³-hybridized carbons (Fsp3) is 0.125. The summed E-state index contributed by atoms with van der Waals surface area (Å²) in [5.41, 5.74) is -4.38. The second-order valence-corrected chi connectivity index (χ2v) is 4.79. The van der Waals surface area contributed by atoms with Crippen LogP contribution in [0.15, 0.2) is 54.6 Å². The van der Waals surface area contributed by atoms with E-state index in [-0.39, 0.29) is 0 Å². The zero-order valence-corrected chi connectivity index (χ0v) is 11.6. The van der Waals surface area contributed by atoms with E-state index < -0.39 is 46.3 Å². The van der Waals surface area contributed by atoms with Gasteiger partial charge < -0.3 is 0 Å². The van der Waals surface area contributed by atoms with Crippen molar-refractivity contribution in [3.05, 3.63) is 76.9 Å². The summed E-state index contributed by atoms with van der Waals surface area (Å²) in [5.74, 6) is 0. The molecule has 2 rings (SSSR count). The Morgan fingerprint density at radius 2 is 1.00 bits per heavy atom. The van der Waals surface area contributed by atoms with Crippen molar-refractivity contribution in [2.24, 2.45) is 0 Å². The normalized spacial score (nSPS) is 12.2. The lowest BCUT2D eigenvalue weighted by Gasteiger charge is -2.13. The van der Waals surface area contributed by atoms with Crippen LogP contribution in [0.2, 0.25) is 0 Å². The first-order valence-electron chi connectivity index (χ1n) is 6.40. The average molecular weight is 352 g/mol. The standard InChI is InChI=1S/C16H8F8/c17-14(18)13(9-3-1-5-11(7-9)15(19,20)21)10-4-2-6-12(8-10)16(22,23)24/h1-8H. The highest BCUT2D eigenvalue weighted by Crippen LogP contribution is 2.36. The maximum atomic E-state index is 13.2. The number of alkyl halides is 6. The van der Waals surface area contributed by atoms with Gasteiger partial charge in [0.1, 0.15) is 0 Å². The Labute approximate surface area is 131 Å². The first-order chi connectivity index (χ1) is 11.0. The second-order valence-electron chi connectivity index (χ2n) is 4.79. The van der Waals surface area contributed by atoms with Crippen LogP contribution in [0.4, 0.5) is 35.1 Å². The molecule has 0 saturated carbocycles. The van der Waals surface area contributed by atoms with Gasteiger partial charge in [0.15, 0.2) is 0 Å². The minimum absolute atomic E-state index is 0.467. The van der Waals surface area contributed by atoms with Gasteiger partial charge in [-0.15, -0.1) is 0 Å². The zero-order chi connectivity index (χ0) is 18.1. The van der Waals surface area contributed by atoms with E-state index >= 15 is 0 Å². The molecular formula is C16H8F8. The zero-order valence-electron chi connectivity index (χ0n) is 11.6. The van der Waals surface area contributed by atoms with Gasteiger partial charge in [-0.1, -0.05) is 24.3 Å². The molecule has 128 valence electrons. The molecule has 0 fully saturated rings. The molecule has 0 nitrogen and oxygen atoms in total. The van der Waals surface area contributed by atoms with Gasteiger partial charge in [0.25, 0.3) is 6.08 Å². The maximum absolute atomic E-state index is 13.2. The van der Waals surface area contributed by atoms with Gasteiger partial charge in [0.05, 0.1) is 16.7 Å². The molecule has 0 N–H and O–H groups in total. The van der Waals surface area contributed by atoms with E-state index in [4.69, 9.17) is 0 Å². The molecule has 0 aliphatic rings. The fourth-order valence-corrected chi connectivity index (χ4v) is 2.09. The highest BCUT2D eigenvalue weighted by Gasteiger charge is 2.32. The highest BCUT2D eigenvalue weighted by molar-refractivity contribution is 5.81. The van der Waals surface area contributed by atoms with Crippen molar-refractivity contribution in [2.45, 2.75) is 12.4 Å². The molecule has 2 aromatic rings. The summed E-state index contributed by atoms with van der Waals surface area (Å²) in [6, 6.07) is 6.08. The van der Waals surface area contributed by atoms with Crippen LogP contribution in [0.1, 0.15) is 22.3 Å². The quantitative estimate of drug-likeness (QED) is 0.550. The van der Waals surface area contributed by atoms with Gasteiger partial charge in [0, 0.05) is 0 Å². The fourth-order valence-electron chi connectivity index (χ4n) is 2.09. The first-order valence-corrected chi connectivity index (χ1v) is 6.40. The summed E-state index contributed by atoms with van der Waals surface area (Å²) in [5, 5.41) is 0. The molecule has 2 aromatic carbocycles. The van der Waals surface area contributed by atoms with E-state index in [0.717, 1.165) is 24.3 Å². The van der Waals surface area contributed by atoms with Crippen molar-refractivity contribution >= 4 is 5.57 Å². The molecule has 0 atom stereocenters. The molecule has 0 saturated heterocycles. The van der Waals surface area contributed by atoms with E-state index in [1.807, 2.05) is 0 Å². The molecule has 0 unspecified atom stereocenters. The van der Waals surface area contributed by atoms with Crippen molar-refractivity contribution < 1.29 is 35.1 Å². The summed E-state index contributed by atoms with van der Waals surface area (Å²) < 4.78 is 103. The van der Waals surface area contributed by atoms with Crippen LogP contribution in [-0.2, 0) is 12.4 Å². The molecule has 0 spiro atoms. The molecule has 0 radical (unpaired) electrons. The molecule has 0 amide bonds. The van der Waals surface area contributed by atoms with Crippen LogP contribution < -0.4 is 0 Å². The van der Waals surface area contributed by atoms with Gasteiger partial charge in [-0.2, -0.15) is 35.1 Å². The maximum Gasteiger partial charge on any atom is 0.416 e. The van der Waals surface area contributed by atoms with Crippen LogP contribution >= 0.6 is 0 Å². The Morgan fingerprint density at radius 3 is 1.29 bits per heavy atom.